The second-order valence-electron chi connectivity index (χ2n) is 8.10. The maximum atomic E-state index is 12.7. The minimum atomic E-state index is -0.0881. The van der Waals surface area contributed by atoms with Gasteiger partial charge in [-0.25, -0.2) is 0 Å². The molecule has 1 amide bonds. The largest absolute Gasteiger partial charge is 0.345 e. The molecule has 2 aromatic heterocycles. The summed E-state index contributed by atoms with van der Waals surface area (Å²) in [4.78, 5) is 16.7. The van der Waals surface area contributed by atoms with Gasteiger partial charge in [0.1, 0.15) is 0 Å². The molecular weight excluding hydrogens is 372 g/mol. The summed E-state index contributed by atoms with van der Waals surface area (Å²) in [7, 11) is 0. The van der Waals surface area contributed by atoms with Crippen molar-refractivity contribution >= 4 is 17.5 Å². The van der Waals surface area contributed by atoms with Crippen molar-refractivity contribution in [2.24, 2.45) is 5.41 Å². The average Bonchev–Trinajstić information content (AvgIpc) is 3.06. The standard InChI is InChI=1S/C22H23ClN4O/c1-22(2)11-19(26-21(28)15-7-9-24-10-8-15)17-13-25-27(20(17)12-22)14-16-5-3-4-6-18(16)23/h3-10,13,19H,11-12,14H2,1-2H3,(H,26,28). The van der Waals surface area contributed by atoms with Crippen LogP contribution in [0.3, 0.4) is 0 Å². The van der Waals surface area contributed by atoms with Crippen LogP contribution in [0.15, 0.2) is 55.0 Å². The van der Waals surface area contributed by atoms with Gasteiger partial charge < -0.3 is 5.32 Å². The summed E-state index contributed by atoms with van der Waals surface area (Å²) in [5.41, 5.74) is 3.96. The Morgan fingerprint density at radius 1 is 1.25 bits per heavy atom. The molecule has 1 unspecified atom stereocenters. The number of amides is 1. The van der Waals surface area contributed by atoms with Crippen LogP contribution >= 0.6 is 11.6 Å². The third-order valence-electron chi connectivity index (χ3n) is 5.28. The van der Waals surface area contributed by atoms with Gasteiger partial charge in [-0.1, -0.05) is 43.6 Å². The van der Waals surface area contributed by atoms with Gasteiger partial charge in [-0.3, -0.25) is 14.5 Å². The molecule has 2 heterocycles. The number of benzene rings is 1. The van der Waals surface area contributed by atoms with E-state index in [0.29, 0.717) is 12.1 Å². The van der Waals surface area contributed by atoms with E-state index in [4.69, 9.17) is 11.6 Å². The van der Waals surface area contributed by atoms with Gasteiger partial charge >= 0.3 is 0 Å². The summed E-state index contributed by atoms with van der Waals surface area (Å²) in [5, 5.41) is 8.56. The zero-order valence-corrected chi connectivity index (χ0v) is 16.8. The van der Waals surface area contributed by atoms with E-state index in [1.807, 2.05) is 35.1 Å². The van der Waals surface area contributed by atoms with Gasteiger partial charge in [0.2, 0.25) is 0 Å². The Morgan fingerprint density at radius 3 is 2.75 bits per heavy atom. The van der Waals surface area contributed by atoms with Crippen LogP contribution in [-0.4, -0.2) is 20.7 Å². The van der Waals surface area contributed by atoms with E-state index in [0.717, 1.165) is 34.7 Å². The van der Waals surface area contributed by atoms with Crippen molar-refractivity contribution in [2.45, 2.75) is 39.3 Å². The minimum Gasteiger partial charge on any atom is -0.345 e. The SMILES string of the molecule is CC1(C)Cc2c(cnn2Cc2ccccc2Cl)C(NC(=O)c2ccncc2)C1. The third kappa shape index (κ3) is 3.80. The Hall–Kier alpha value is -2.66. The van der Waals surface area contributed by atoms with Crippen LogP contribution in [0.5, 0.6) is 0 Å². The molecule has 144 valence electrons. The van der Waals surface area contributed by atoms with Crippen molar-refractivity contribution < 1.29 is 4.79 Å². The number of hydrogen-bond acceptors (Lipinski definition) is 3. The number of pyridine rings is 1. The van der Waals surface area contributed by atoms with Gasteiger partial charge in [-0.15, -0.1) is 0 Å². The molecule has 0 saturated carbocycles. The Labute approximate surface area is 169 Å². The van der Waals surface area contributed by atoms with E-state index >= 15 is 0 Å². The summed E-state index contributed by atoms with van der Waals surface area (Å²) in [6.45, 7) is 5.08. The number of nitrogens with zero attached hydrogens (tertiary/aromatic N) is 3. The quantitative estimate of drug-likeness (QED) is 0.712. The summed E-state index contributed by atoms with van der Waals surface area (Å²) in [5.74, 6) is -0.0881. The van der Waals surface area contributed by atoms with Crippen LogP contribution in [0.1, 0.15) is 53.5 Å². The fourth-order valence-electron chi connectivity index (χ4n) is 3.90. The predicted molar refractivity (Wildman–Crippen MR) is 109 cm³/mol. The summed E-state index contributed by atoms with van der Waals surface area (Å²) in [6.07, 6.45) is 6.93. The normalized spacial score (nSPS) is 17.8. The number of carbonyl (C=O) groups excluding carboxylic acids is 1. The van der Waals surface area contributed by atoms with Crippen LogP contribution in [0.4, 0.5) is 0 Å². The first-order valence-corrected chi connectivity index (χ1v) is 9.80. The fraction of sp³-hybridized carbons (Fsp3) is 0.318. The van der Waals surface area contributed by atoms with Gasteiger partial charge in [0.05, 0.1) is 18.8 Å². The zero-order chi connectivity index (χ0) is 19.7. The van der Waals surface area contributed by atoms with Crippen molar-refractivity contribution in [3.8, 4) is 0 Å². The van der Waals surface area contributed by atoms with Gasteiger partial charge in [0, 0.05) is 34.2 Å². The molecule has 0 saturated heterocycles. The van der Waals surface area contributed by atoms with Gasteiger partial charge in [0.25, 0.3) is 5.91 Å². The van der Waals surface area contributed by atoms with E-state index in [2.05, 4.69) is 29.2 Å². The maximum absolute atomic E-state index is 12.7. The van der Waals surface area contributed by atoms with E-state index < -0.39 is 0 Å². The number of nitrogens with one attached hydrogen (secondary N) is 1. The van der Waals surface area contributed by atoms with Crippen molar-refractivity contribution in [1.82, 2.24) is 20.1 Å². The Balaban J connectivity index is 1.63. The highest BCUT2D eigenvalue weighted by Crippen LogP contribution is 2.41. The van der Waals surface area contributed by atoms with Crippen molar-refractivity contribution in [3.63, 3.8) is 0 Å². The number of rotatable bonds is 4. The molecule has 0 fully saturated rings. The minimum absolute atomic E-state index is 0.0570. The molecule has 1 aliphatic rings. The second-order valence-corrected chi connectivity index (χ2v) is 8.51. The molecule has 1 aliphatic carbocycles. The summed E-state index contributed by atoms with van der Waals surface area (Å²) in [6, 6.07) is 11.2. The van der Waals surface area contributed by atoms with E-state index in [9.17, 15) is 4.79 Å². The number of fused-ring (bicyclic) bond motifs is 1. The van der Waals surface area contributed by atoms with Crippen LogP contribution in [0.25, 0.3) is 0 Å². The van der Waals surface area contributed by atoms with Crippen molar-refractivity contribution in [2.75, 3.05) is 0 Å². The van der Waals surface area contributed by atoms with E-state index in [1.54, 1.807) is 24.5 Å². The zero-order valence-electron chi connectivity index (χ0n) is 16.0. The molecule has 5 nitrogen and oxygen atoms in total. The molecule has 0 aliphatic heterocycles. The fourth-order valence-corrected chi connectivity index (χ4v) is 4.09. The Kier molecular flexibility index (Phi) is 4.94. The summed E-state index contributed by atoms with van der Waals surface area (Å²) >= 11 is 6.34. The highest BCUT2D eigenvalue weighted by atomic mass is 35.5. The first-order valence-electron chi connectivity index (χ1n) is 9.42. The third-order valence-corrected chi connectivity index (χ3v) is 5.65. The summed E-state index contributed by atoms with van der Waals surface area (Å²) < 4.78 is 2.02. The lowest BCUT2D eigenvalue weighted by Crippen LogP contribution is -2.37. The smallest absolute Gasteiger partial charge is 0.251 e. The molecule has 4 rings (SSSR count). The molecule has 3 aromatic rings. The molecule has 1 N–H and O–H groups in total. The molecule has 6 heteroatoms. The Morgan fingerprint density at radius 2 is 2.00 bits per heavy atom. The van der Waals surface area contributed by atoms with Crippen molar-refractivity contribution in [3.05, 3.63) is 82.4 Å². The van der Waals surface area contributed by atoms with Gasteiger partial charge in [-0.05, 0) is 42.0 Å². The lowest BCUT2D eigenvalue weighted by molar-refractivity contribution is 0.0919. The van der Waals surface area contributed by atoms with Crippen LogP contribution < -0.4 is 5.32 Å². The monoisotopic (exact) mass is 394 g/mol. The maximum Gasteiger partial charge on any atom is 0.251 e. The number of aromatic nitrogens is 3. The number of carbonyl (C=O) groups is 1. The molecule has 1 aromatic carbocycles. The molecular formula is C22H23ClN4O. The topological polar surface area (TPSA) is 59.8 Å². The van der Waals surface area contributed by atoms with Gasteiger partial charge in [0.15, 0.2) is 0 Å². The molecule has 28 heavy (non-hydrogen) atoms. The Bertz CT molecular complexity index is 997. The van der Waals surface area contributed by atoms with E-state index in [1.165, 1.54) is 0 Å². The second kappa shape index (κ2) is 7.40. The van der Waals surface area contributed by atoms with Gasteiger partial charge in [-0.2, -0.15) is 5.10 Å². The highest BCUT2D eigenvalue weighted by Gasteiger charge is 2.35. The average molecular weight is 395 g/mol. The van der Waals surface area contributed by atoms with Crippen LogP contribution in [-0.2, 0) is 13.0 Å². The lowest BCUT2D eigenvalue weighted by Gasteiger charge is -2.36. The molecule has 1 atom stereocenters. The van der Waals surface area contributed by atoms with Crippen molar-refractivity contribution in [1.29, 1.82) is 0 Å². The van der Waals surface area contributed by atoms with E-state index in [-0.39, 0.29) is 17.4 Å². The molecule has 0 spiro atoms. The van der Waals surface area contributed by atoms with Crippen LogP contribution in [0.2, 0.25) is 5.02 Å². The first kappa shape index (κ1) is 18.7. The predicted octanol–water partition coefficient (Wildman–Crippen LogP) is 4.42. The lowest BCUT2D eigenvalue weighted by atomic mass is 9.74. The first-order chi connectivity index (χ1) is 13.4. The number of hydrogen-bond donors (Lipinski definition) is 1. The molecule has 0 radical (unpaired) electrons. The van der Waals surface area contributed by atoms with Crippen LogP contribution in [0, 0.1) is 5.41 Å². The molecule has 0 bridgehead atoms. The number of halogens is 1. The highest BCUT2D eigenvalue weighted by molar-refractivity contribution is 6.31.